The van der Waals surface area contributed by atoms with Crippen molar-refractivity contribution >= 4 is 12.0 Å². The van der Waals surface area contributed by atoms with Gasteiger partial charge in [0.15, 0.2) is 0 Å². The van der Waals surface area contributed by atoms with Crippen molar-refractivity contribution in [2.24, 2.45) is 0 Å². The Hall–Kier alpha value is -1.26. The van der Waals surface area contributed by atoms with Crippen LogP contribution in [0.1, 0.15) is 47.0 Å². The smallest absolute Gasteiger partial charge is 0.408 e. The third-order valence-corrected chi connectivity index (χ3v) is 1.89. The van der Waals surface area contributed by atoms with E-state index in [0.717, 1.165) is 19.3 Å². The summed E-state index contributed by atoms with van der Waals surface area (Å²) in [7, 11) is 0. The lowest BCUT2D eigenvalue weighted by atomic mass is 10.2. The van der Waals surface area contributed by atoms with E-state index < -0.39 is 11.7 Å². The molecule has 0 radical (unpaired) electrons. The number of alkyl carbamates (subject to hydrolysis) is 1. The Labute approximate surface area is 103 Å². The van der Waals surface area contributed by atoms with Crippen molar-refractivity contribution in [2.75, 3.05) is 13.1 Å². The highest BCUT2D eigenvalue weighted by Crippen LogP contribution is 2.05. The van der Waals surface area contributed by atoms with Crippen molar-refractivity contribution in [1.29, 1.82) is 0 Å². The van der Waals surface area contributed by atoms with E-state index in [1.165, 1.54) is 0 Å². The van der Waals surface area contributed by atoms with E-state index in [-0.39, 0.29) is 12.5 Å². The standard InChI is InChI=1S/C12H24N2O3/c1-5-6-7-8-13-10(15)9-14-11(16)17-12(2,3)4/h5-9H2,1-4H3,(H,13,15)(H,14,16). The van der Waals surface area contributed by atoms with Crippen molar-refractivity contribution in [3.63, 3.8) is 0 Å². The van der Waals surface area contributed by atoms with E-state index in [0.29, 0.717) is 6.54 Å². The highest BCUT2D eigenvalue weighted by molar-refractivity contribution is 5.82. The van der Waals surface area contributed by atoms with Gasteiger partial charge in [0.1, 0.15) is 5.60 Å². The molecule has 0 aliphatic carbocycles. The second-order valence-corrected chi connectivity index (χ2v) is 4.91. The molecule has 2 N–H and O–H groups in total. The summed E-state index contributed by atoms with van der Waals surface area (Å²) in [5.74, 6) is -0.188. The maximum absolute atomic E-state index is 11.3. The van der Waals surface area contributed by atoms with Gasteiger partial charge >= 0.3 is 6.09 Å². The summed E-state index contributed by atoms with van der Waals surface area (Å²) in [6.07, 6.45) is 2.61. The van der Waals surface area contributed by atoms with E-state index >= 15 is 0 Å². The molecule has 0 unspecified atom stereocenters. The molecule has 100 valence electrons. The average Bonchev–Trinajstić information content (AvgIpc) is 2.19. The van der Waals surface area contributed by atoms with Gasteiger partial charge in [0, 0.05) is 6.54 Å². The maximum atomic E-state index is 11.3. The van der Waals surface area contributed by atoms with Crippen molar-refractivity contribution in [3.05, 3.63) is 0 Å². The van der Waals surface area contributed by atoms with E-state index in [1.54, 1.807) is 20.8 Å². The van der Waals surface area contributed by atoms with E-state index in [1.807, 2.05) is 0 Å². The third kappa shape index (κ3) is 11.0. The number of nitrogens with one attached hydrogen (secondary N) is 2. The molecule has 2 amide bonds. The number of carbonyl (C=O) groups excluding carboxylic acids is 2. The Morgan fingerprint density at radius 2 is 1.76 bits per heavy atom. The van der Waals surface area contributed by atoms with Crippen molar-refractivity contribution < 1.29 is 14.3 Å². The van der Waals surface area contributed by atoms with Crippen molar-refractivity contribution in [3.8, 4) is 0 Å². The molecule has 5 nitrogen and oxygen atoms in total. The van der Waals surface area contributed by atoms with Gasteiger partial charge in [-0.1, -0.05) is 19.8 Å². The number of hydrogen-bond donors (Lipinski definition) is 2. The normalized spacial score (nSPS) is 10.8. The summed E-state index contributed by atoms with van der Waals surface area (Å²) < 4.78 is 5.00. The van der Waals surface area contributed by atoms with Crippen LogP contribution in [0.3, 0.4) is 0 Å². The molecule has 0 aromatic heterocycles. The van der Waals surface area contributed by atoms with Gasteiger partial charge in [-0.25, -0.2) is 4.79 Å². The first-order chi connectivity index (χ1) is 7.85. The molecular weight excluding hydrogens is 220 g/mol. The molecule has 0 aliphatic rings. The van der Waals surface area contributed by atoms with Gasteiger partial charge < -0.3 is 15.4 Å². The zero-order chi connectivity index (χ0) is 13.3. The molecule has 0 saturated carbocycles. The lowest BCUT2D eigenvalue weighted by Crippen LogP contribution is -2.39. The molecule has 0 rings (SSSR count). The Morgan fingerprint density at radius 1 is 1.12 bits per heavy atom. The summed E-state index contributed by atoms with van der Waals surface area (Å²) in [5.41, 5.74) is -0.540. The van der Waals surface area contributed by atoms with Gasteiger partial charge in [-0.15, -0.1) is 0 Å². The summed E-state index contributed by atoms with van der Waals surface area (Å²) >= 11 is 0. The van der Waals surface area contributed by atoms with Crippen LogP contribution in [0.15, 0.2) is 0 Å². The quantitative estimate of drug-likeness (QED) is 0.700. The minimum atomic E-state index is -0.568. The monoisotopic (exact) mass is 244 g/mol. The first kappa shape index (κ1) is 15.7. The zero-order valence-electron chi connectivity index (χ0n) is 11.3. The Bertz CT molecular complexity index is 247. The molecule has 0 atom stereocenters. The minimum Gasteiger partial charge on any atom is -0.444 e. The van der Waals surface area contributed by atoms with Crippen LogP contribution in [0.25, 0.3) is 0 Å². The van der Waals surface area contributed by atoms with Crippen LogP contribution < -0.4 is 10.6 Å². The van der Waals surface area contributed by atoms with Crippen LogP contribution in [0.5, 0.6) is 0 Å². The van der Waals surface area contributed by atoms with E-state index in [2.05, 4.69) is 17.6 Å². The van der Waals surface area contributed by atoms with Gasteiger partial charge in [0.2, 0.25) is 5.91 Å². The molecule has 0 saturated heterocycles. The lowest BCUT2D eigenvalue weighted by molar-refractivity contribution is -0.120. The molecule has 0 bridgehead atoms. The van der Waals surface area contributed by atoms with Crippen LogP contribution in [0.4, 0.5) is 4.79 Å². The molecule has 0 heterocycles. The van der Waals surface area contributed by atoms with Gasteiger partial charge in [0.05, 0.1) is 6.54 Å². The first-order valence-electron chi connectivity index (χ1n) is 6.08. The van der Waals surface area contributed by atoms with Crippen LogP contribution in [-0.4, -0.2) is 30.7 Å². The number of carbonyl (C=O) groups is 2. The SMILES string of the molecule is CCCCCNC(=O)CNC(=O)OC(C)(C)C. The fourth-order valence-corrected chi connectivity index (χ4v) is 1.13. The van der Waals surface area contributed by atoms with E-state index in [4.69, 9.17) is 4.74 Å². The summed E-state index contributed by atoms with van der Waals surface area (Å²) in [4.78, 5) is 22.5. The van der Waals surface area contributed by atoms with Crippen molar-refractivity contribution in [1.82, 2.24) is 10.6 Å². The maximum Gasteiger partial charge on any atom is 0.408 e. The Morgan fingerprint density at radius 3 is 2.29 bits per heavy atom. The van der Waals surface area contributed by atoms with Gasteiger partial charge in [-0.2, -0.15) is 0 Å². The zero-order valence-corrected chi connectivity index (χ0v) is 11.3. The molecule has 0 fully saturated rings. The summed E-state index contributed by atoms with van der Waals surface area (Å²) in [6.45, 7) is 8.04. The Kier molecular flexibility index (Phi) is 7.34. The highest BCUT2D eigenvalue weighted by atomic mass is 16.6. The molecule has 5 heteroatoms. The molecular formula is C12H24N2O3. The first-order valence-corrected chi connectivity index (χ1v) is 6.08. The van der Waals surface area contributed by atoms with Gasteiger partial charge in [0.25, 0.3) is 0 Å². The lowest BCUT2D eigenvalue weighted by Gasteiger charge is -2.19. The van der Waals surface area contributed by atoms with Gasteiger partial charge in [-0.05, 0) is 27.2 Å². The summed E-state index contributed by atoms with van der Waals surface area (Å²) in [6, 6.07) is 0. The molecule has 17 heavy (non-hydrogen) atoms. The topological polar surface area (TPSA) is 67.4 Å². The molecule has 0 aromatic rings. The highest BCUT2D eigenvalue weighted by Gasteiger charge is 2.16. The van der Waals surface area contributed by atoms with Gasteiger partial charge in [-0.3, -0.25) is 4.79 Å². The van der Waals surface area contributed by atoms with Crippen LogP contribution >= 0.6 is 0 Å². The summed E-state index contributed by atoms with van der Waals surface area (Å²) in [5, 5.41) is 5.13. The molecule has 0 aromatic carbocycles. The largest absolute Gasteiger partial charge is 0.444 e. The number of hydrogen-bond acceptors (Lipinski definition) is 3. The fourth-order valence-electron chi connectivity index (χ4n) is 1.13. The Balaban J connectivity index is 3.59. The number of rotatable bonds is 6. The number of unbranched alkanes of at least 4 members (excludes halogenated alkanes) is 2. The second-order valence-electron chi connectivity index (χ2n) is 4.91. The predicted molar refractivity (Wildman–Crippen MR) is 66.8 cm³/mol. The number of ether oxygens (including phenoxy) is 1. The fraction of sp³-hybridized carbons (Fsp3) is 0.833. The second kappa shape index (κ2) is 7.92. The molecule has 0 spiro atoms. The molecule has 0 aliphatic heterocycles. The van der Waals surface area contributed by atoms with Crippen LogP contribution in [0, 0.1) is 0 Å². The van der Waals surface area contributed by atoms with Crippen LogP contribution in [0.2, 0.25) is 0 Å². The predicted octanol–water partition coefficient (Wildman–Crippen LogP) is 1.82. The van der Waals surface area contributed by atoms with Crippen molar-refractivity contribution in [2.45, 2.75) is 52.6 Å². The average molecular weight is 244 g/mol. The third-order valence-electron chi connectivity index (χ3n) is 1.89. The minimum absolute atomic E-state index is 0.0406. The van der Waals surface area contributed by atoms with Crippen LogP contribution in [-0.2, 0) is 9.53 Å². The van der Waals surface area contributed by atoms with E-state index in [9.17, 15) is 9.59 Å². The number of amides is 2.